The maximum Gasteiger partial charge on any atom is 0.164 e. The number of benzene rings is 1. The Morgan fingerprint density at radius 1 is 1.06 bits per heavy atom. The van der Waals surface area contributed by atoms with Gasteiger partial charge >= 0.3 is 0 Å². The van der Waals surface area contributed by atoms with Crippen LogP contribution in [0.5, 0.6) is 17.2 Å². The van der Waals surface area contributed by atoms with E-state index in [1.807, 2.05) is 6.92 Å². The number of carbonyl (C=O) groups is 1. The van der Waals surface area contributed by atoms with E-state index in [9.17, 15) is 4.79 Å². The third kappa shape index (κ3) is 3.03. The lowest BCUT2D eigenvalue weighted by atomic mass is 10.1. The molecule has 0 unspecified atom stereocenters. The van der Waals surface area contributed by atoms with Crippen molar-refractivity contribution in [2.24, 2.45) is 0 Å². The van der Waals surface area contributed by atoms with Crippen molar-refractivity contribution in [1.29, 1.82) is 0 Å². The Labute approximate surface area is 107 Å². The van der Waals surface area contributed by atoms with Crippen molar-refractivity contribution in [3.8, 4) is 17.2 Å². The molecule has 0 heterocycles. The van der Waals surface area contributed by atoms with Crippen LogP contribution >= 0.6 is 0 Å². The smallest absolute Gasteiger partial charge is 0.164 e. The van der Waals surface area contributed by atoms with E-state index in [4.69, 9.17) is 14.2 Å². The first-order valence-corrected chi connectivity index (χ1v) is 5.65. The van der Waals surface area contributed by atoms with Crippen molar-refractivity contribution in [2.75, 3.05) is 21.3 Å². The van der Waals surface area contributed by atoms with E-state index in [1.165, 1.54) is 0 Å². The van der Waals surface area contributed by atoms with Crippen molar-refractivity contribution in [3.05, 3.63) is 23.3 Å². The summed E-state index contributed by atoms with van der Waals surface area (Å²) in [4.78, 5) is 10.9. The topological polar surface area (TPSA) is 44.8 Å². The second-order valence-corrected chi connectivity index (χ2v) is 3.64. The molecular weight excluding hydrogens is 232 g/mol. The maximum atomic E-state index is 10.9. The molecule has 98 valence electrons. The Morgan fingerprint density at radius 2 is 1.61 bits per heavy atom. The number of aldehydes is 1. The molecule has 0 bridgehead atoms. The molecule has 0 N–H and O–H groups in total. The van der Waals surface area contributed by atoms with Crippen LogP contribution in [0.25, 0.3) is 6.08 Å². The van der Waals surface area contributed by atoms with Crippen molar-refractivity contribution in [2.45, 2.75) is 13.3 Å². The molecule has 1 rings (SSSR count). The fraction of sp³-hybridized carbons (Fsp3) is 0.357. The highest BCUT2D eigenvalue weighted by atomic mass is 16.5. The molecule has 0 aromatic heterocycles. The Kier molecular flexibility index (Phi) is 5.24. The molecule has 1 aromatic rings. The van der Waals surface area contributed by atoms with E-state index >= 15 is 0 Å². The highest BCUT2D eigenvalue weighted by molar-refractivity contribution is 5.83. The lowest BCUT2D eigenvalue weighted by Crippen LogP contribution is -1.95. The Hall–Kier alpha value is -1.97. The lowest BCUT2D eigenvalue weighted by Gasteiger charge is -2.12. The average Bonchev–Trinajstić information content (AvgIpc) is 2.43. The predicted octanol–water partition coefficient (Wildman–Crippen LogP) is 2.70. The number of rotatable bonds is 6. The summed E-state index contributed by atoms with van der Waals surface area (Å²) in [6, 6.07) is 3.53. The Bertz CT molecular complexity index is 449. The van der Waals surface area contributed by atoms with Crippen LogP contribution in [-0.2, 0) is 4.79 Å². The first-order chi connectivity index (χ1) is 8.69. The zero-order chi connectivity index (χ0) is 13.5. The monoisotopic (exact) mass is 250 g/mol. The van der Waals surface area contributed by atoms with Crippen LogP contribution in [0, 0.1) is 0 Å². The molecular formula is C14H18O4. The SMILES string of the molecule is CCC(C=O)=Cc1cc(OC)c(OC)cc1OC. The zero-order valence-corrected chi connectivity index (χ0v) is 11.1. The minimum atomic E-state index is 0.593. The van der Waals surface area contributed by atoms with E-state index in [0.29, 0.717) is 29.2 Å². The van der Waals surface area contributed by atoms with E-state index in [-0.39, 0.29) is 0 Å². The predicted molar refractivity (Wildman–Crippen MR) is 70.4 cm³/mol. The fourth-order valence-corrected chi connectivity index (χ4v) is 1.58. The summed E-state index contributed by atoms with van der Waals surface area (Å²) in [6.45, 7) is 1.92. The molecule has 4 heteroatoms. The van der Waals surface area contributed by atoms with Crippen molar-refractivity contribution >= 4 is 12.4 Å². The highest BCUT2D eigenvalue weighted by Crippen LogP contribution is 2.35. The van der Waals surface area contributed by atoms with E-state index < -0.39 is 0 Å². The molecule has 0 radical (unpaired) electrons. The van der Waals surface area contributed by atoms with Crippen molar-refractivity contribution < 1.29 is 19.0 Å². The molecule has 0 spiro atoms. The maximum absolute atomic E-state index is 10.9. The minimum absolute atomic E-state index is 0.593. The third-order valence-electron chi connectivity index (χ3n) is 2.64. The van der Waals surface area contributed by atoms with E-state index in [0.717, 1.165) is 11.8 Å². The van der Waals surface area contributed by atoms with Gasteiger partial charge in [0.05, 0.1) is 21.3 Å². The van der Waals surface area contributed by atoms with Crippen LogP contribution in [0.2, 0.25) is 0 Å². The van der Waals surface area contributed by atoms with Gasteiger partial charge in [0.25, 0.3) is 0 Å². The number of methoxy groups -OCH3 is 3. The van der Waals surface area contributed by atoms with Gasteiger partial charge in [-0.15, -0.1) is 0 Å². The highest BCUT2D eigenvalue weighted by Gasteiger charge is 2.10. The zero-order valence-electron chi connectivity index (χ0n) is 11.1. The molecule has 0 saturated carbocycles. The van der Waals surface area contributed by atoms with E-state index in [2.05, 4.69) is 0 Å². The van der Waals surface area contributed by atoms with Gasteiger partial charge in [-0.2, -0.15) is 0 Å². The summed E-state index contributed by atoms with van der Waals surface area (Å²) in [5, 5.41) is 0. The minimum Gasteiger partial charge on any atom is -0.496 e. The number of ether oxygens (including phenoxy) is 3. The van der Waals surface area contributed by atoms with Gasteiger partial charge in [0, 0.05) is 11.6 Å². The molecule has 0 fully saturated rings. The van der Waals surface area contributed by atoms with Crippen LogP contribution in [0.15, 0.2) is 17.7 Å². The molecule has 0 aliphatic heterocycles. The van der Waals surface area contributed by atoms with Crippen LogP contribution in [0.1, 0.15) is 18.9 Å². The normalized spacial score (nSPS) is 11.0. The van der Waals surface area contributed by atoms with Gasteiger partial charge in [-0.25, -0.2) is 0 Å². The van der Waals surface area contributed by atoms with Gasteiger partial charge in [0.15, 0.2) is 11.5 Å². The summed E-state index contributed by atoms with van der Waals surface area (Å²) >= 11 is 0. The molecule has 0 amide bonds. The van der Waals surface area contributed by atoms with Gasteiger partial charge in [-0.1, -0.05) is 6.92 Å². The largest absolute Gasteiger partial charge is 0.496 e. The molecule has 4 nitrogen and oxygen atoms in total. The van der Waals surface area contributed by atoms with Crippen molar-refractivity contribution in [3.63, 3.8) is 0 Å². The first kappa shape index (κ1) is 14.1. The second kappa shape index (κ2) is 6.69. The van der Waals surface area contributed by atoms with Crippen LogP contribution in [0.3, 0.4) is 0 Å². The standard InChI is InChI=1S/C14H18O4/c1-5-10(9-15)6-11-7-13(17-3)14(18-4)8-12(11)16-2/h6-9H,5H2,1-4H3. The van der Waals surface area contributed by atoms with Crippen molar-refractivity contribution in [1.82, 2.24) is 0 Å². The van der Waals surface area contributed by atoms with Crippen LogP contribution < -0.4 is 14.2 Å². The third-order valence-corrected chi connectivity index (χ3v) is 2.64. The van der Waals surface area contributed by atoms with Gasteiger partial charge in [0.1, 0.15) is 12.0 Å². The van der Waals surface area contributed by atoms with E-state index in [1.54, 1.807) is 39.5 Å². The van der Waals surface area contributed by atoms with Gasteiger partial charge in [-0.3, -0.25) is 4.79 Å². The number of hydrogen-bond acceptors (Lipinski definition) is 4. The molecule has 1 aromatic carbocycles. The summed E-state index contributed by atoms with van der Waals surface area (Å²) in [5.41, 5.74) is 1.49. The van der Waals surface area contributed by atoms with Gasteiger partial charge in [-0.05, 0) is 24.1 Å². The quantitative estimate of drug-likeness (QED) is 0.575. The summed E-state index contributed by atoms with van der Waals surface area (Å²) < 4.78 is 15.7. The summed E-state index contributed by atoms with van der Waals surface area (Å²) in [5.74, 6) is 1.84. The first-order valence-electron chi connectivity index (χ1n) is 5.65. The average molecular weight is 250 g/mol. The van der Waals surface area contributed by atoms with Gasteiger partial charge in [0.2, 0.25) is 0 Å². The second-order valence-electron chi connectivity index (χ2n) is 3.64. The molecule has 0 aliphatic carbocycles. The molecule has 0 atom stereocenters. The number of hydrogen-bond donors (Lipinski definition) is 0. The molecule has 0 aliphatic rings. The number of allylic oxidation sites excluding steroid dienone is 1. The molecule has 0 saturated heterocycles. The Morgan fingerprint density at radius 3 is 2.06 bits per heavy atom. The van der Waals surface area contributed by atoms with Crippen LogP contribution in [0.4, 0.5) is 0 Å². The fourth-order valence-electron chi connectivity index (χ4n) is 1.58. The van der Waals surface area contributed by atoms with Crippen LogP contribution in [-0.4, -0.2) is 27.6 Å². The van der Waals surface area contributed by atoms with Gasteiger partial charge < -0.3 is 14.2 Å². The molecule has 18 heavy (non-hydrogen) atoms. The lowest BCUT2D eigenvalue weighted by molar-refractivity contribution is -0.104. The summed E-state index contributed by atoms with van der Waals surface area (Å²) in [7, 11) is 4.71. The summed E-state index contributed by atoms with van der Waals surface area (Å²) in [6.07, 6.45) is 3.30. The number of carbonyl (C=O) groups excluding carboxylic acids is 1. The Balaban J connectivity index is 3.33.